The van der Waals surface area contributed by atoms with Crippen LogP contribution in [0.25, 0.3) is 0 Å². The Kier molecular flexibility index (Phi) is 4.39. The molecule has 2 aromatic rings. The van der Waals surface area contributed by atoms with Crippen molar-refractivity contribution in [3.63, 3.8) is 0 Å². The fourth-order valence-electron chi connectivity index (χ4n) is 2.64. The fourth-order valence-corrected chi connectivity index (χ4v) is 2.64. The first-order valence-electron chi connectivity index (χ1n) is 7.47. The summed E-state index contributed by atoms with van der Waals surface area (Å²) < 4.78 is 10.6. The zero-order chi connectivity index (χ0) is 16.2. The number of esters is 1. The van der Waals surface area contributed by atoms with Crippen LogP contribution < -0.4 is 4.90 Å². The first-order valence-corrected chi connectivity index (χ1v) is 7.47. The highest BCUT2D eigenvalue weighted by atomic mass is 16.6. The summed E-state index contributed by atoms with van der Waals surface area (Å²) in [7, 11) is 0. The summed E-state index contributed by atoms with van der Waals surface area (Å²) >= 11 is 0. The van der Waals surface area contributed by atoms with E-state index in [1.807, 2.05) is 48.5 Å². The average Bonchev–Trinajstić information content (AvgIpc) is 2.87. The van der Waals surface area contributed by atoms with Gasteiger partial charge in [-0.25, -0.2) is 4.79 Å². The number of rotatable bonds is 5. The molecule has 0 saturated carbocycles. The topological polar surface area (TPSA) is 55.8 Å². The van der Waals surface area contributed by atoms with Gasteiger partial charge in [0.2, 0.25) is 0 Å². The van der Waals surface area contributed by atoms with Crippen LogP contribution in [0.15, 0.2) is 54.6 Å². The average molecular weight is 311 g/mol. The van der Waals surface area contributed by atoms with Crippen molar-refractivity contribution in [2.75, 3.05) is 18.1 Å². The van der Waals surface area contributed by atoms with E-state index in [9.17, 15) is 9.59 Å². The van der Waals surface area contributed by atoms with Crippen molar-refractivity contribution in [3.05, 3.63) is 65.7 Å². The van der Waals surface area contributed by atoms with Crippen molar-refractivity contribution in [1.29, 1.82) is 0 Å². The van der Waals surface area contributed by atoms with Gasteiger partial charge in [-0.05, 0) is 25.1 Å². The molecule has 1 aliphatic rings. The van der Waals surface area contributed by atoms with Crippen LogP contribution in [0.1, 0.15) is 29.1 Å². The van der Waals surface area contributed by atoms with Gasteiger partial charge in [-0.1, -0.05) is 36.4 Å². The number of carbonyl (C=O) groups is 2. The summed E-state index contributed by atoms with van der Waals surface area (Å²) in [6, 6.07) is 16.5. The van der Waals surface area contributed by atoms with Crippen molar-refractivity contribution < 1.29 is 19.1 Å². The van der Waals surface area contributed by atoms with E-state index in [2.05, 4.69) is 0 Å². The summed E-state index contributed by atoms with van der Waals surface area (Å²) in [6.07, 6.45) is -0.634. The van der Waals surface area contributed by atoms with E-state index in [0.29, 0.717) is 12.2 Å². The molecule has 0 bridgehead atoms. The molecule has 1 unspecified atom stereocenters. The number of nitrogens with zero attached hydrogens (tertiary/aromatic N) is 1. The molecule has 2 aromatic carbocycles. The lowest BCUT2D eigenvalue weighted by Gasteiger charge is -2.25. The van der Waals surface area contributed by atoms with Crippen molar-refractivity contribution in [1.82, 2.24) is 0 Å². The monoisotopic (exact) mass is 311 g/mol. The Bertz CT molecular complexity index is 714. The standard InChI is InChI=1S/C18H17NO4/c1-2-22-16(20)12-23-18-15-11-7-6-10-14(15)17(21)19(18)13-8-4-3-5-9-13/h3-11,18H,2,12H2,1H3. The highest BCUT2D eigenvalue weighted by Crippen LogP contribution is 2.37. The first kappa shape index (κ1) is 15.2. The van der Waals surface area contributed by atoms with Gasteiger partial charge in [-0.3, -0.25) is 9.69 Å². The number of para-hydroxylation sites is 1. The maximum atomic E-state index is 12.7. The molecule has 5 heteroatoms. The van der Waals surface area contributed by atoms with E-state index < -0.39 is 12.2 Å². The lowest BCUT2D eigenvalue weighted by atomic mass is 10.1. The second-order valence-electron chi connectivity index (χ2n) is 5.07. The minimum Gasteiger partial charge on any atom is -0.464 e. The second-order valence-corrected chi connectivity index (χ2v) is 5.07. The zero-order valence-electron chi connectivity index (χ0n) is 12.8. The van der Waals surface area contributed by atoms with Gasteiger partial charge < -0.3 is 9.47 Å². The quantitative estimate of drug-likeness (QED) is 0.797. The van der Waals surface area contributed by atoms with Gasteiger partial charge in [0.05, 0.1) is 6.61 Å². The molecule has 1 aliphatic heterocycles. The zero-order valence-corrected chi connectivity index (χ0v) is 12.8. The van der Waals surface area contributed by atoms with Crippen LogP contribution in [-0.4, -0.2) is 25.1 Å². The third kappa shape index (κ3) is 2.96. The van der Waals surface area contributed by atoms with Crippen LogP contribution in [0.5, 0.6) is 0 Å². The van der Waals surface area contributed by atoms with Crippen molar-refractivity contribution >= 4 is 17.6 Å². The molecule has 0 radical (unpaired) electrons. The third-order valence-electron chi connectivity index (χ3n) is 3.61. The van der Waals surface area contributed by atoms with E-state index in [1.165, 1.54) is 0 Å². The van der Waals surface area contributed by atoms with Crippen LogP contribution in [0, 0.1) is 0 Å². The van der Waals surface area contributed by atoms with Crippen LogP contribution in [0.4, 0.5) is 5.69 Å². The highest BCUT2D eigenvalue weighted by molar-refractivity contribution is 6.10. The van der Waals surface area contributed by atoms with Crippen molar-refractivity contribution in [2.24, 2.45) is 0 Å². The Morgan fingerprint density at radius 2 is 1.78 bits per heavy atom. The number of hydrogen-bond donors (Lipinski definition) is 0. The normalized spacial score (nSPS) is 16.3. The largest absolute Gasteiger partial charge is 0.464 e. The summed E-state index contributed by atoms with van der Waals surface area (Å²) in [6.45, 7) is 1.83. The minimum atomic E-state index is -0.634. The maximum Gasteiger partial charge on any atom is 0.332 e. The van der Waals surface area contributed by atoms with Gasteiger partial charge in [0.1, 0.15) is 6.61 Å². The Hall–Kier alpha value is -2.66. The van der Waals surface area contributed by atoms with Crippen LogP contribution in [0.2, 0.25) is 0 Å². The fraction of sp³-hybridized carbons (Fsp3) is 0.222. The summed E-state index contributed by atoms with van der Waals surface area (Å²) in [5.74, 6) is -0.585. The van der Waals surface area contributed by atoms with Gasteiger partial charge in [0.25, 0.3) is 5.91 Å². The Morgan fingerprint density at radius 3 is 2.52 bits per heavy atom. The molecule has 3 rings (SSSR count). The molecule has 0 aromatic heterocycles. The lowest BCUT2D eigenvalue weighted by molar-refractivity contribution is -0.150. The molecule has 1 amide bonds. The number of fused-ring (bicyclic) bond motifs is 1. The number of benzene rings is 2. The minimum absolute atomic E-state index is 0.138. The Morgan fingerprint density at radius 1 is 1.09 bits per heavy atom. The van der Waals surface area contributed by atoms with E-state index in [4.69, 9.17) is 9.47 Å². The molecule has 1 heterocycles. The van der Waals surface area contributed by atoms with Gasteiger partial charge in [-0.15, -0.1) is 0 Å². The number of hydrogen-bond acceptors (Lipinski definition) is 4. The number of amides is 1. The second kappa shape index (κ2) is 6.62. The van der Waals surface area contributed by atoms with Gasteiger partial charge in [0, 0.05) is 16.8 Å². The molecule has 5 nitrogen and oxygen atoms in total. The third-order valence-corrected chi connectivity index (χ3v) is 3.61. The van der Waals surface area contributed by atoms with Crippen molar-refractivity contribution in [3.8, 4) is 0 Å². The number of anilines is 1. The lowest BCUT2D eigenvalue weighted by Crippen LogP contribution is -2.30. The maximum absolute atomic E-state index is 12.7. The smallest absolute Gasteiger partial charge is 0.332 e. The molecular formula is C18H17NO4. The number of ether oxygens (including phenoxy) is 2. The molecular weight excluding hydrogens is 294 g/mol. The van der Waals surface area contributed by atoms with E-state index >= 15 is 0 Å². The van der Waals surface area contributed by atoms with Crippen LogP contribution >= 0.6 is 0 Å². The number of carbonyl (C=O) groups excluding carboxylic acids is 2. The van der Waals surface area contributed by atoms with E-state index in [-0.39, 0.29) is 12.5 Å². The molecule has 0 aliphatic carbocycles. The molecule has 1 atom stereocenters. The van der Waals surface area contributed by atoms with Crippen molar-refractivity contribution in [2.45, 2.75) is 13.2 Å². The van der Waals surface area contributed by atoms with E-state index in [0.717, 1.165) is 11.3 Å². The molecule has 23 heavy (non-hydrogen) atoms. The summed E-state index contributed by atoms with van der Waals surface area (Å²) in [4.78, 5) is 25.9. The van der Waals surface area contributed by atoms with Gasteiger partial charge in [0.15, 0.2) is 6.23 Å². The molecule has 0 fully saturated rings. The van der Waals surface area contributed by atoms with Crippen LogP contribution in [0.3, 0.4) is 0 Å². The highest BCUT2D eigenvalue weighted by Gasteiger charge is 2.38. The molecule has 0 N–H and O–H groups in total. The predicted octanol–water partition coefficient (Wildman–Crippen LogP) is 2.93. The Balaban J connectivity index is 1.91. The molecule has 118 valence electrons. The molecule has 0 saturated heterocycles. The van der Waals surface area contributed by atoms with E-state index in [1.54, 1.807) is 17.9 Å². The Labute approximate surface area is 134 Å². The predicted molar refractivity (Wildman–Crippen MR) is 85.0 cm³/mol. The summed E-state index contributed by atoms with van der Waals surface area (Å²) in [5, 5.41) is 0. The first-order chi connectivity index (χ1) is 11.2. The van der Waals surface area contributed by atoms with Gasteiger partial charge in [-0.2, -0.15) is 0 Å². The SMILES string of the molecule is CCOC(=O)COC1c2ccccc2C(=O)N1c1ccccc1. The summed E-state index contributed by atoms with van der Waals surface area (Å²) in [5.41, 5.74) is 2.07. The molecule has 0 spiro atoms. The van der Waals surface area contributed by atoms with Gasteiger partial charge >= 0.3 is 5.97 Å². The van der Waals surface area contributed by atoms with Crippen LogP contribution in [-0.2, 0) is 14.3 Å².